The maximum Gasteiger partial charge on any atom is 0.257 e. The molecule has 0 aliphatic heterocycles. The molecule has 104 valence electrons. The fourth-order valence-corrected chi connectivity index (χ4v) is 1.54. The van der Waals surface area contributed by atoms with Crippen LogP contribution in [0.2, 0.25) is 0 Å². The minimum atomic E-state index is -0.128. The van der Waals surface area contributed by atoms with Crippen LogP contribution in [-0.4, -0.2) is 30.0 Å². The zero-order valence-electron chi connectivity index (χ0n) is 11.3. The SMILES string of the molecule is CCCNC(=O)COc1ccc(/C(CC)=N/O)cc1. The Bertz CT molecular complexity index is 427. The first-order valence-corrected chi connectivity index (χ1v) is 6.42. The quantitative estimate of drug-likeness (QED) is 0.450. The second-order valence-electron chi connectivity index (χ2n) is 4.06. The number of hydrogen-bond donors (Lipinski definition) is 2. The van der Waals surface area contributed by atoms with Gasteiger partial charge in [0.15, 0.2) is 6.61 Å². The number of ether oxygens (including phenoxy) is 1. The molecular weight excluding hydrogens is 244 g/mol. The first-order chi connectivity index (χ1) is 9.21. The van der Waals surface area contributed by atoms with Crippen LogP contribution in [0.5, 0.6) is 5.75 Å². The van der Waals surface area contributed by atoms with Gasteiger partial charge >= 0.3 is 0 Å². The van der Waals surface area contributed by atoms with Crippen LogP contribution in [0.25, 0.3) is 0 Å². The van der Waals surface area contributed by atoms with Gasteiger partial charge in [0.05, 0.1) is 5.71 Å². The van der Waals surface area contributed by atoms with Gasteiger partial charge in [0.1, 0.15) is 5.75 Å². The summed E-state index contributed by atoms with van der Waals surface area (Å²) in [6.45, 7) is 4.58. The van der Waals surface area contributed by atoms with Crippen LogP contribution < -0.4 is 10.1 Å². The van der Waals surface area contributed by atoms with E-state index in [1.54, 1.807) is 24.3 Å². The van der Waals surface area contributed by atoms with Crippen LogP contribution in [0.15, 0.2) is 29.4 Å². The van der Waals surface area contributed by atoms with Gasteiger partial charge in [0.2, 0.25) is 0 Å². The molecule has 0 radical (unpaired) electrons. The van der Waals surface area contributed by atoms with E-state index in [1.165, 1.54) is 0 Å². The number of carbonyl (C=O) groups is 1. The predicted octanol–water partition coefficient (Wildman–Crippen LogP) is 2.18. The van der Waals surface area contributed by atoms with Gasteiger partial charge in [-0.25, -0.2) is 0 Å². The summed E-state index contributed by atoms with van der Waals surface area (Å²) >= 11 is 0. The van der Waals surface area contributed by atoms with Crippen molar-refractivity contribution in [1.82, 2.24) is 5.32 Å². The molecule has 5 nitrogen and oxygen atoms in total. The predicted molar refractivity (Wildman–Crippen MR) is 73.9 cm³/mol. The number of carbonyl (C=O) groups excluding carboxylic acids is 1. The van der Waals surface area contributed by atoms with Gasteiger partial charge in [-0.3, -0.25) is 4.79 Å². The molecule has 1 rings (SSSR count). The van der Waals surface area contributed by atoms with E-state index in [1.807, 2.05) is 13.8 Å². The monoisotopic (exact) mass is 264 g/mol. The average Bonchev–Trinajstić information content (AvgIpc) is 2.45. The van der Waals surface area contributed by atoms with Gasteiger partial charge < -0.3 is 15.3 Å². The molecule has 0 aliphatic rings. The van der Waals surface area contributed by atoms with E-state index < -0.39 is 0 Å². The Kier molecular flexibility index (Phi) is 6.43. The third kappa shape index (κ3) is 4.99. The molecule has 0 fully saturated rings. The second kappa shape index (κ2) is 8.13. The number of hydrogen-bond acceptors (Lipinski definition) is 4. The molecule has 0 aliphatic carbocycles. The van der Waals surface area contributed by atoms with Crippen molar-refractivity contribution in [2.45, 2.75) is 26.7 Å². The van der Waals surface area contributed by atoms with E-state index in [0.717, 1.165) is 12.0 Å². The van der Waals surface area contributed by atoms with Crippen molar-refractivity contribution in [3.8, 4) is 5.75 Å². The molecule has 19 heavy (non-hydrogen) atoms. The maximum absolute atomic E-state index is 11.4. The fraction of sp³-hybridized carbons (Fsp3) is 0.429. The Morgan fingerprint density at radius 3 is 2.53 bits per heavy atom. The van der Waals surface area contributed by atoms with E-state index in [9.17, 15) is 4.79 Å². The maximum atomic E-state index is 11.4. The summed E-state index contributed by atoms with van der Waals surface area (Å²) in [5.41, 5.74) is 1.46. The van der Waals surface area contributed by atoms with Crippen molar-refractivity contribution >= 4 is 11.6 Å². The van der Waals surface area contributed by atoms with Crippen molar-refractivity contribution < 1.29 is 14.7 Å². The normalized spacial score (nSPS) is 11.2. The summed E-state index contributed by atoms with van der Waals surface area (Å²) in [4.78, 5) is 11.4. The third-order valence-corrected chi connectivity index (χ3v) is 2.59. The zero-order valence-corrected chi connectivity index (χ0v) is 11.3. The Morgan fingerprint density at radius 1 is 1.32 bits per heavy atom. The minimum absolute atomic E-state index is 0.00801. The summed E-state index contributed by atoms with van der Waals surface area (Å²) in [6.07, 6.45) is 1.55. The molecule has 0 atom stereocenters. The molecule has 0 spiro atoms. The lowest BCUT2D eigenvalue weighted by atomic mass is 10.1. The Morgan fingerprint density at radius 2 is 2.00 bits per heavy atom. The molecule has 2 N–H and O–H groups in total. The fourth-order valence-electron chi connectivity index (χ4n) is 1.54. The van der Waals surface area contributed by atoms with Crippen molar-refractivity contribution in [2.75, 3.05) is 13.2 Å². The van der Waals surface area contributed by atoms with Crippen LogP contribution in [-0.2, 0) is 4.79 Å². The first-order valence-electron chi connectivity index (χ1n) is 6.42. The lowest BCUT2D eigenvalue weighted by molar-refractivity contribution is -0.123. The van der Waals surface area contributed by atoms with Crippen molar-refractivity contribution in [3.05, 3.63) is 29.8 Å². The highest BCUT2D eigenvalue weighted by Gasteiger charge is 2.04. The van der Waals surface area contributed by atoms with Crippen LogP contribution in [0, 0.1) is 0 Å². The molecule has 1 aromatic carbocycles. The first kappa shape index (κ1) is 15.0. The Labute approximate surface area is 113 Å². The van der Waals surface area contributed by atoms with E-state index >= 15 is 0 Å². The lowest BCUT2D eigenvalue weighted by Gasteiger charge is -2.07. The number of oxime groups is 1. The second-order valence-corrected chi connectivity index (χ2v) is 4.06. The molecule has 0 bridgehead atoms. The van der Waals surface area contributed by atoms with E-state index in [0.29, 0.717) is 24.4 Å². The molecule has 5 heteroatoms. The topological polar surface area (TPSA) is 70.9 Å². The Balaban J connectivity index is 2.51. The highest BCUT2D eigenvalue weighted by Crippen LogP contribution is 2.13. The Hall–Kier alpha value is -2.04. The van der Waals surface area contributed by atoms with Crippen LogP contribution in [0.3, 0.4) is 0 Å². The molecule has 0 unspecified atom stereocenters. The van der Waals surface area contributed by atoms with E-state index in [4.69, 9.17) is 9.94 Å². The molecule has 0 aromatic heterocycles. The van der Waals surface area contributed by atoms with Gasteiger partial charge in [-0.2, -0.15) is 0 Å². The van der Waals surface area contributed by atoms with Crippen molar-refractivity contribution in [2.24, 2.45) is 5.16 Å². The standard InChI is InChI=1S/C14H20N2O3/c1-3-9-15-14(17)10-19-12-7-5-11(6-8-12)13(4-2)16-18/h5-8,18H,3-4,9-10H2,1-2H3,(H,15,17)/b16-13+. The lowest BCUT2D eigenvalue weighted by Crippen LogP contribution is -2.29. The molecule has 0 saturated carbocycles. The number of amides is 1. The van der Waals surface area contributed by atoms with Gasteiger partial charge in [-0.05, 0) is 42.7 Å². The number of nitrogens with one attached hydrogen (secondary N) is 1. The average molecular weight is 264 g/mol. The van der Waals surface area contributed by atoms with Gasteiger partial charge in [-0.1, -0.05) is 19.0 Å². The number of nitrogens with zero attached hydrogens (tertiary/aromatic N) is 1. The highest BCUT2D eigenvalue weighted by molar-refractivity contribution is 6.00. The number of benzene rings is 1. The summed E-state index contributed by atoms with van der Waals surface area (Å²) in [6, 6.07) is 7.11. The molecular formula is C14H20N2O3. The van der Waals surface area contributed by atoms with Gasteiger partial charge in [0.25, 0.3) is 5.91 Å². The minimum Gasteiger partial charge on any atom is -0.484 e. The van der Waals surface area contributed by atoms with Crippen molar-refractivity contribution in [1.29, 1.82) is 0 Å². The summed E-state index contributed by atoms with van der Waals surface area (Å²) < 4.78 is 5.35. The van der Waals surface area contributed by atoms with Crippen LogP contribution in [0.1, 0.15) is 32.3 Å². The van der Waals surface area contributed by atoms with Crippen LogP contribution >= 0.6 is 0 Å². The van der Waals surface area contributed by atoms with Gasteiger partial charge in [-0.15, -0.1) is 0 Å². The smallest absolute Gasteiger partial charge is 0.257 e. The zero-order chi connectivity index (χ0) is 14.1. The summed E-state index contributed by atoms with van der Waals surface area (Å²) in [7, 11) is 0. The molecule has 1 amide bonds. The summed E-state index contributed by atoms with van der Waals surface area (Å²) in [5, 5.41) is 14.8. The van der Waals surface area contributed by atoms with Crippen LogP contribution in [0.4, 0.5) is 0 Å². The highest BCUT2D eigenvalue weighted by atomic mass is 16.5. The molecule has 1 aromatic rings. The summed E-state index contributed by atoms with van der Waals surface area (Å²) in [5.74, 6) is 0.487. The van der Waals surface area contributed by atoms with Gasteiger partial charge in [0, 0.05) is 6.54 Å². The third-order valence-electron chi connectivity index (χ3n) is 2.59. The van der Waals surface area contributed by atoms with E-state index in [-0.39, 0.29) is 12.5 Å². The largest absolute Gasteiger partial charge is 0.484 e. The molecule has 0 heterocycles. The van der Waals surface area contributed by atoms with E-state index in [2.05, 4.69) is 10.5 Å². The molecule has 0 saturated heterocycles. The van der Waals surface area contributed by atoms with Crippen molar-refractivity contribution in [3.63, 3.8) is 0 Å². The number of rotatable bonds is 7.